The van der Waals surface area contributed by atoms with Crippen molar-refractivity contribution in [2.45, 2.75) is 50.9 Å². The van der Waals surface area contributed by atoms with Gasteiger partial charge in [0.05, 0.1) is 22.8 Å². The maximum absolute atomic E-state index is 14.1. The predicted molar refractivity (Wildman–Crippen MR) is 147 cm³/mol. The number of ether oxygens (including phenoxy) is 2. The van der Waals surface area contributed by atoms with Crippen LogP contribution in [0.5, 0.6) is 0 Å². The summed E-state index contributed by atoms with van der Waals surface area (Å²) in [6, 6.07) is 14.1. The Morgan fingerprint density at radius 3 is 2.61 bits per heavy atom. The minimum Gasteiger partial charge on any atom is -0.460 e. The number of carbonyl (C=O) groups is 3. The average molecular weight is 616 g/mol. The van der Waals surface area contributed by atoms with Crippen LogP contribution in [0.25, 0.3) is 0 Å². The first-order chi connectivity index (χ1) is 17.1. The molecule has 1 spiro atoms. The van der Waals surface area contributed by atoms with Crippen LogP contribution in [0.2, 0.25) is 0 Å². The second kappa shape index (κ2) is 10.2. The molecule has 4 rings (SSSR count). The molecule has 0 unspecified atom stereocenters. The van der Waals surface area contributed by atoms with Crippen molar-refractivity contribution >= 4 is 63.6 Å². The quantitative estimate of drug-likeness (QED) is 0.146. The van der Waals surface area contributed by atoms with Crippen molar-refractivity contribution < 1.29 is 23.9 Å². The van der Waals surface area contributed by atoms with E-state index in [4.69, 9.17) is 21.7 Å². The Kier molecular flexibility index (Phi) is 7.45. The van der Waals surface area contributed by atoms with Gasteiger partial charge in [0, 0.05) is 3.57 Å². The number of hydrogen-bond donors (Lipinski definition) is 0. The van der Waals surface area contributed by atoms with Crippen LogP contribution in [0.4, 0.5) is 10.5 Å². The summed E-state index contributed by atoms with van der Waals surface area (Å²) in [5, 5.41) is 2.36. The maximum Gasteiger partial charge on any atom is 0.421 e. The van der Waals surface area contributed by atoms with E-state index in [1.165, 1.54) is 0 Å². The molecular formula is C27H25IN2O5S. The number of carbonyl (C=O) groups excluding carboxylic acids is 3. The van der Waals surface area contributed by atoms with Crippen LogP contribution < -0.4 is 4.90 Å². The van der Waals surface area contributed by atoms with E-state index >= 15 is 0 Å². The van der Waals surface area contributed by atoms with Crippen LogP contribution >= 0.6 is 34.8 Å². The number of imide groups is 1. The molecule has 1 aliphatic heterocycles. The highest BCUT2D eigenvalue weighted by molar-refractivity contribution is 14.1. The Bertz CT molecular complexity index is 1280. The number of thiocarbonyl (C=S) groups is 1. The lowest BCUT2D eigenvalue weighted by Gasteiger charge is -2.38. The number of aliphatic imine (C=N–C) groups is 1. The first-order valence-electron chi connectivity index (χ1n) is 11.4. The molecular weight excluding hydrogens is 591 g/mol. The third kappa shape index (κ3) is 5.00. The van der Waals surface area contributed by atoms with Crippen LogP contribution in [0, 0.1) is 9.49 Å². The van der Waals surface area contributed by atoms with Crippen molar-refractivity contribution in [2.24, 2.45) is 10.9 Å². The topological polar surface area (TPSA) is 85.3 Å². The average Bonchev–Trinajstić information content (AvgIpc) is 3.06. The van der Waals surface area contributed by atoms with E-state index in [1.54, 1.807) is 45.1 Å². The van der Waals surface area contributed by atoms with Crippen molar-refractivity contribution in [3.63, 3.8) is 0 Å². The Balaban J connectivity index is 1.79. The zero-order valence-corrected chi connectivity index (χ0v) is 23.0. The summed E-state index contributed by atoms with van der Waals surface area (Å²) in [5.74, 6) is -2.04. The lowest BCUT2D eigenvalue weighted by molar-refractivity contribution is -0.164. The molecule has 2 amide bonds. The highest BCUT2D eigenvalue weighted by Gasteiger charge is 2.60. The van der Waals surface area contributed by atoms with Gasteiger partial charge in [0.25, 0.3) is 5.91 Å². The van der Waals surface area contributed by atoms with Crippen LogP contribution in [-0.2, 0) is 31.1 Å². The van der Waals surface area contributed by atoms with Crippen LogP contribution in [0.15, 0.2) is 65.7 Å². The van der Waals surface area contributed by atoms with Gasteiger partial charge in [-0.3, -0.25) is 9.59 Å². The standard InChI is InChI=1S/C27H25IN2O5S/c1-26(2,3)35-23(31)21-14-19(29-16-36)11-12-27(21)20-13-18(28)9-10-22(20)30(24(27)32)25(33)34-15-17-7-5-4-6-8-17/h4-13,19,21H,14-15H2,1-3H3/t19-,21-,27-/m0/s1. The fourth-order valence-electron chi connectivity index (χ4n) is 4.61. The van der Waals surface area contributed by atoms with Gasteiger partial charge in [-0.05, 0) is 91.3 Å². The van der Waals surface area contributed by atoms with Crippen LogP contribution in [-0.4, -0.2) is 34.8 Å². The molecule has 0 saturated carbocycles. The molecule has 0 bridgehead atoms. The zero-order chi connectivity index (χ0) is 26.1. The molecule has 2 aromatic carbocycles. The third-order valence-electron chi connectivity index (χ3n) is 6.11. The molecule has 1 heterocycles. The Morgan fingerprint density at radius 1 is 1.22 bits per heavy atom. The molecule has 0 aromatic heterocycles. The summed E-state index contributed by atoms with van der Waals surface area (Å²) in [6.07, 6.45) is 2.77. The molecule has 0 saturated heterocycles. The molecule has 0 fully saturated rings. The monoisotopic (exact) mass is 616 g/mol. The number of amides is 2. The third-order valence-corrected chi connectivity index (χ3v) is 6.88. The predicted octanol–water partition coefficient (Wildman–Crippen LogP) is 5.60. The van der Waals surface area contributed by atoms with Crippen molar-refractivity contribution in [3.8, 4) is 0 Å². The summed E-state index contributed by atoms with van der Waals surface area (Å²) in [5.41, 5.74) is -0.494. The fourth-order valence-corrected chi connectivity index (χ4v) is 5.24. The lowest BCUT2D eigenvalue weighted by atomic mass is 9.65. The molecule has 9 heteroatoms. The highest BCUT2D eigenvalue weighted by atomic mass is 127. The SMILES string of the molecule is CC(C)(C)OC(=O)[C@@H]1C[C@@H](N=C=S)C=C[C@@]12C(=O)N(C(=O)OCc1ccccc1)c1ccc(I)cc12. The van der Waals surface area contributed by atoms with Gasteiger partial charge < -0.3 is 9.47 Å². The zero-order valence-electron chi connectivity index (χ0n) is 20.1. The van der Waals surface area contributed by atoms with Gasteiger partial charge in [0.15, 0.2) is 0 Å². The Morgan fingerprint density at radius 2 is 1.94 bits per heavy atom. The van der Waals surface area contributed by atoms with Gasteiger partial charge in [-0.15, -0.1) is 0 Å². The summed E-state index contributed by atoms with van der Waals surface area (Å²) < 4.78 is 12.1. The van der Waals surface area contributed by atoms with Gasteiger partial charge in [0.2, 0.25) is 0 Å². The fraction of sp³-hybridized carbons (Fsp3) is 0.333. The van der Waals surface area contributed by atoms with Crippen molar-refractivity contribution in [1.82, 2.24) is 0 Å². The lowest BCUT2D eigenvalue weighted by Crippen LogP contribution is -2.52. The van der Waals surface area contributed by atoms with Gasteiger partial charge in [-0.1, -0.05) is 42.5 Å². The van der Waals surface area contributed by atoms with Gasteiger partial charge in [-0.25, -0.2) is 14.7 Å². The normalized spacial score (nSPS) is 22.7. The van der Waals surface area contributed by atoms with Gasteiger partial charge >= 0.3 is 12.1 Å². The second-order valence-electron chi connectivity index (χ2n) is 9.68. The molecule has 36 heavy (non-hydrogen) atoms. The molecule has 0 radical (unpaired) electrons. The molecule has 2 aromatic rings. The number of isothiocyanates is 1. The van der Waals surface area contributed by atoms with E-state index in [9.17, 15) is 14.4 Å². The summed E-state index contributed by atoms with van der Waals surface area (Å²) in [6.45, 7) is 5.31. The van der Waals surface area contributed by atoms with E-state index in [2.05, 4.69) is 32.7 Å². The smallest absolute Gasteiger partial charge is 0.421 e. The van der Waals surface area contributed by atoms with Crippen LogP contribution in [0.1, 0.15) is 38.3 Å². The van der Waals surface area contributed by atoms with Crippen molar-refractivity contribution in [2.75, 3.05) is 4.90 Å². The number of anilines is 1. The summed E-state index contributed by atoms with van der Waals surface area (Å²) >= 11 is 6.92. The Labute approximate surface area is 228 Å². The second-order valence-corrected chi connectivity index (χ2v) is 11.1. The number of rotatable bonds is 4. The van der Waals surface area contributed by atoms with E-state index in [-0.39, 0.29) is 13.0 Å². The summed E-state index contributed by atoms with van der Waals surface area (Å²) in [4.78, 5) is 46.1. The molecule has 2 aliphatic rings. The number of benzene rings is 2. The highest BCUT2D eigenvalue weighted by Crippen LogP contribution is 2.52. The van der Waals surface area contributed by atoms with E-state index in [0.717, 1.165) is 14.0 Å². The minimum atomic E-state index is -1.45. The van der Waals surface area contributed by atoms with E-state index < -0.39 is 40.9 Å². The minimum absolute atomic E-state index is 0.00689. The largest absolute Gasteiger partial charge is 0.460 e. The molecule has 3 atom stereocenters. The molecule has 7 nitrogen and oxygen atoms in total. The molecule has 1 aliphatic carbocycles. The van der Waals surface area contributed by atoms with Gasteiger partial charge in [0.1, 0.15) is 17.6 Å². The van der Waals surface area contributed by atoms with E-state index in [0.29, 0.717) is 11.3 Å². The van der Waals surface area contributed by atoms with Crippen LogP contribution in [0.3, 0.4) is 0 Å². The molecule has 0 N–H and O–H groups in total. The first kappa shape index (κ1) is 26.2. The first-order valence-corrected chi connectivity index (χ1v) is 12.9. The number of fused-ring (bicyclic) bond motifs is 2. The van der Waals surface area contributed by atoms with Crippen molar-refractivity contribution in [3.05, 3.63) is 75.4 Å². The number of nitrogens with zero attached hydrogens (tertiary/aromatic N) is 2. The number of hydrogen-bond acceptors (Lipinski definition) is 7. The molecule has 186 valence electrons. The maximum atomic E-state index is 14.1. The summed E-state index contributed by atoms with van der Waals surface area (Å²) in [7, 11) is 0. The van der Waals surface area contributed by atoms with Gasteiger partial charge in [-0.2, -0.15) is 0 Å². The Hall–Kier alpha value is -2.88. The van der Waals surface area contributed by atoms with Crippen molar-refractivity contribution in [1.29, 1.82) is 0 Å². The number of halogens is 1. The number of esters is 1. The van der Waals surface area contributed by atoms with E-state index in [1.807, 2.05) is 36.4 Å².